The molecule has 0 fully saturated rings. The van der Waals surface area contributed by atoms with E-state index < -0.39 is 12.0 Å². The van der Waals surface area contributed by atoms with Crippen molar-refractivity contribution in [2.75, 3.05) is 5.32 Å². The first-order valence-corrected chi connectivity index (χ1v) is 13.1. The average Bonchev–Trinajstić information content (AvgIpc) is 2.99. The molecule has 0 radical (unpaired) electrons. The SMILES string of the molecule is Cc1nc2ccccc2c(=O)n1CC#Cc1ccc(C[C@H](Nc2ccccc2C(=O)c2ccccc2)C(=O)O)cc1. The maximum atomic E-state index is 13.1. The molecule has 0 aliphatic carbocycles. The van der Waals surface area contributed by atoms with Gasteiger partial charge in [-0.05, 0) is 48.9 Å². The van der Waals surface area contributed by atoms with Crippen LogP contribution in [0.4, 0.5) is 5.69 Å². The van der Waals surface area contributed by atoms with Crippen LogP contribution < -0.4 is 10.9 Å². The molecule has 1 heterocycles. The van der Waals surface area contributed by atoms with Crippen LogP contribution in [0.2, 0.25) is 0 Å². The van der Waals surface area contributed by atoms with E-state index >= 15 is 0 Å². The summed E-state index contributed by atoms with van der Waals surface area (Å²) >= 11 is 0. The van der Waals surface area contributed by atoms with Crippen molar-refractivity contribution in [2.45, 2.75) is 25.9 Å². The van der Waals surface area contributed by atoms with Crippen LogP contribution >= 0.6 is 0 Å². The average molecular weight is 542 g/mol. The fourth-order valence-corrected chi connectivity index (χ4v) is 4.59. The molecule has 5 aromatic rings. The second kappa shape index (κ2) is 12.1. The number of nitrogens with one attached hydrogen (secondary N) is 1. The number of ketones is 1. The number of para-hydroxylation sites is 2. The van der Waals surface area contributed by atoms with Gasteiger partial charge >= 0.3 is 5.97 Å². The molecule has 1 aromatic heterocycles. The van der Waals surface area contributed by atoms with Crippen LogP contribution in [-0.4, -0.2) is 32.5 Å². The van der Waals surface area contributed by atoms with E-state index in [-0.39, 0.29) is 24.3 Å². The zero-order chi connectivity index (χ0) is 28.8. The number of carbonyl (C=O) groups excluding carboxylic acids is 1. The van der Waals surface area contributed by atoms with Crippen LogP contribution in [-0.2, 0) is 17.8 Å². The van der Waals surface area contributed by atoms with Crippen LogP contribution in [0.5, 0.6) is 0 Å². The lowest BCUT2D eigenvalue weighted by atomic mass is 10.00. The van der Waals surface area contributed by atoms with Gasteiger partial charge in [0.25, 0.3) is 5.56 Å². The summed E-state index contributed by atoms with van der Waals surface area (Å²) in [5, 5.41) is 13.5. The van der Waals surface area contributed by atoms with E-state index in [9.17, 15) is 19.5 Å². The molecule has 0 amide bonds. The fraction of sp³-hybridized carbons (Fsp3) is 0.118. The predicted molar refractivity (Wildman–Crippen MR) is 159 cm³/mol. The van der Waals surface area contributed by atoms with Crippen LogP contribution in [0.25, 0.3) is 10.9 Å². The van der Waals surface area contributed by atoms with Crippen molar-refractivity contribution in [1.82, 2.24) is 9.55 Å². The molecule has 0 bridgehead atoms. The molecule has 5 rings (SSSR count). The highest BCUT2D eigenvalue weighted by Crippen LogP contribution is 2.21. The van der Waals surface area contributed by atoms with Gasteiger partial charge in [0.15, 0.2) is 5.78 Å². The zero-order valence-corrected chi connectivity index (χ0v) is 22.4. The number of nitrogens with zero attached hydrogens (tertiary/aromatic N) is 2. The Morgan fingerprint density at radius 3 is 2.34 bits per heavy atom. The molecule has 0 saturated carbocycles. The normalized spacial score (nSPS) is 11.3. The molecule has 0 aliphatic rings. The van der Waals surface area contributed by atoms with Crippen molar-refractivity contribution in [1.29, 1.82) is 0 Å². The first-order valence-electron chi connectivity index (χ1n) is 13.1. The van der Waals surface area contributed by atoms with Crippen molar-refractivity contribution in [3.8, 4) is 11.8 Å². The van der Waals surface area contributed by atoms with Crippen molar-refractivity contribution in [3.05, 3.63) is 142 Å². The molecule has 7 nitrogen and oxygen atoms in total. The topological polar surface area (TPSA) is 101 Å². The summed E-state index contributed by atoms with van der Waals surface area (Å²) in [5.41, 5.74) is 3.48. The van der Waals surface area contributed by atoms with Crippen molar-refractivity contribution >= 4 is 28.3 Å². The number of carboxylic acid groups (broad SMARTS) is 1. The van der Waals surface area contributed by atoms with Crippen molar-refractivity contribution in [2.24, 2.45) is 0 Å². The minimum absolute atomic E-state index is 0.128. The van der Waals surface area contributed by atoms with E-state index in [0.29, 0.717) is 33.5 Å². The summed E-state index contributed by atoms with van der Waals surface area (Å²) in [7, 11) is 0. The standard InChI is InChI=1S/C34H27N3O4/c1-23-35-30-16-8-6-14-28(30)33(39)37(23)21-9-10-24-17-19-25(20-18-24)22-31(34(40)41)36-29-15-7-5-13-27(29)32(38)26-11-3-2-4-12-26/h2-8,11-20,31,36H,21-22H2,1H3,(H,40,41)/t31-/m0/s1. The summed E-state index contributed by atoms with van der Waals surface area (Å²) in [6.45, 7) is 1.99. The summed E-state index contributed by atoms with van der Waals surface area (Å²) in [4.78, 5) is 42.5. The summed E-state index contributed by atoms with van der Waals surface area (Å²) in [6.07, 6.45) is 0.203. The van der Waals surface area contributed by atoms with Gasteiger partial charge in [0.1, 0.15) is 11.9 Å². The number of hydrogen-bond donors (Lipinski definition) is 2. The van der Waals surface area contributed by atoms with Gasteiger partial charge in [-0.1, -0.05) is 78.6 Å². The number of aliphatic carboxylic acids is 1. The molecular weight excluding hydrogens is 514 g/mol. The molecule has 1 atom stereocenters. The van der Waals surface area contributed by atoms with E-state index in [0.717, 1.165) is 11.1 Å². The lowest BCUT2D eigenvalue weighted by Gasteiger charge is -2.18. The van der Waals surface area contributed by atoms with Gasteiger partial charge in [0.2, 0.25) is 0 Å². The maximum Gasteiger partial charge on any atom is 0.326 e. The highest BCUT2D eigenvalue weighted by Gasteiger charge is 2.21. The zero-order valence-electron chi connectivity index (χ0n) is 22.4. The number of aryl methyl sites for hydroxylation is 1. The van der Waals surface area contributed by atoms with Gasteiger partial charge in [-0.15, -0.1) is 0 Å². The van der Waals surface area contributed by atoms with Crippen molar-refractivity contribution < 1.29 is 14.7 Å². The van der Waals surface area contributed by atoms with E-state index in [1.165, 1.54) is 0 Å². The number of benzene rings is 4. The molecule has 41 heavy (non-hydrogen) atoms. The molecule has 4 aromatic carbocycles. The second-order valence-electron chi connectivity index (χ2n) is 9.55. The number of fused-ring (bicyclic) bond motifs is 1. The Morgan fingerprint density at radius 1 is 0.902 bits per heavy atom. The smallest absolute Gasteiger partial charge is 0.326 e. The molecule has 0 unspecified atom stereocenters. The van der Waals surface area contributed by atoms with Crippen LogP contribution in [0, 0.1) is 18.8 Å². The quantitative estimate of drug-likeness (QED) is 0.210. The Hall–Kier alpha value is -5.48. The lowest BCUT2D eigenvalue weighted by molar-refractivity contribution is -0.137. The molecule has 202 valence electrons. The maximum absolute atomic E-state index is 13.1. The third-order valence-electron chi connectivity index (χ3n) is 6.75. The highest BCUT2D eigenvalue weighted by molar-refractivity contribution is 6.12. The molecule has 0 saturated heterocycles. The van der Waals surface area contributed by atoms with Gasteiger partial charge in [-0.3, -0.25) is 14.2 Å². The summed E-state index contributed by atoms with van der Waals surface area (Å²) < 4.78 is 1.55. The van der Waals surface area contributed by atoms with Crippen LogP contribution in [0.15, 0.2) is 108 Å². The Bertz CT molecular complexity index is 1850. The molecule has 7 heteroatoms. The van der Waals surface area contributed by atoms with Crippen LogP contribution in [0.3, 0.4) is 0 Å². The van der Waals surface area contributed by atoms with E-state index in [1.807, 2.05) is 48.5 Å². The van der Waals surface area contributed by atoms with Crippen molar-refractivity contribution in [3.63, 3.8) is 0 Å². The predicted octanol–water partition coefficient (Wildman–Crippen LogP) is 5.10. The minimum atomic E-state index is -1.03. The van der Waals surface area contributed by atoms with Gasteiger partial charge in [0, 0.05) is 28.8 Å². The Labute approximate surface area is 237 Å². The Balaban J connectivity index is 1.29. The third kappa shape index (κ3) is 6.23. The first kappa shape index (κ1) is 27.1. The number of aromatic nitrogens is 2. The third-order valence-corrected chi connectivity index (χ3v) is 6.75. The highest BCUT2D eigenvalue weighted by atomic mass is 16.4. The van der Waals surface area contributed by atoms with Gasteiger partial charge in [-0.25, -0.2) is 9.78 Å². The van der Waals surface area contributed by atoms with Crippen LogP contribution in [0.1, 0.15) is 32.9 Å². The molecule has 0 spiro atoms. The largest absolute Gasteiger partial charge is 0.480 e. The summed E-state index contributed by atoms with van der Waals surface area (Å²) in [5.74, 6) is 5.49. The van der Waals surface area contributed by atoms with Gasteiger partial charge < -0.3 is 10.4 Å². The van der Waals surface area contributed by atoms with E-state index in [4.69, 9.17) is 0 Å². The molecule has 0 aliphatic heterocycles. The number of rotatable bonds is 8. The number of anilines is 1. The number of carboxylic acids is 1. The first-order chi connectivity index (χ1) is 19.9. The second-order valence-corrected chi connectivity index (χ2v) is 9.55. The monoisotopic (exact) mass is 541 g/mol. The van der Waals surface area contributed by atoms with Gasteiger partial charge in [0.05, 0.1) is 17.4 Å². The Morgan fingerprint density at radius 2 is 1.59 bits per heavy atom. The fourth-order valence-electron chi connectivity index (χ4n) is 4.59. The molecule has 2 N–H and O–H groups in total. The van der Waals surface area contributed by atoms with E-state index in [2.05, 4.69) is 22.1 Å². The number of carbonyl (C=O) groups is 2. The minimum Gasteiger partial charge on any atom is -0.480 e. The summed E-state index contributed by atoms with van der Waals surface area (Å²) in [6, 6.07) is 29.4. The van der Waals surface area contributed by atoms with E-state index in [1.54, 1.807) is 66.1 Å². The molecular formula is C34H27N3O4. The lowest BCUT2D eigenvalue weighted by Crippen LogP contribution is -2.32. The van der Waals surface area contributed by atoms with Gasteiger partial charge in [-0.2, -0.15) is 0 Å². The Kier molecular flexibility index (Phi) is 8.03. The number of hydrogen-bond acceptors (Lipinski definition) is 5.